The quantitative estimate of drug-likeness (QED) is 0.609. The number of piperidine rings is 1. The number of rotatable bonds is 7. The average molecular weight is 429 g/mol. The minimum absolute atomic E-state index is 0.133. The van der Waals surface area contributed by atoms with Gasteiger partial charge in [0.1, 0.15) is 6.33 Å². The van der Waals surface area contributed by atoms with Crippen LogP contribution in [-0.4, -0.2) is 47.5 Å². The van der Waals surface area contributed by atoms with Crippen molar-refractivity contribution in [1.82, 2.24) is 20.2 Å². The van der Waals surface area contributed by atoms with E-state index in [2.05, 4.69) is 75.6 Å². The van der Waals surface area contributed by atoms with Crippen LogP contribution < -0.4 is 5.32 Å². The van der Waals surface area contributed by atoms with Gasteiger partial charge in [0.25, 0.3) is 0 Å². The van der Waals surface area contributed by atoms with Crippen molar-refractivity contribution in [2.75, 3.05) is 26.7 Å². The molecule has 1 aliphatic rings. The highest BCUT2D eigenvalue weighted by molar-refractivity contribution is 5.83. The highest BCUT2D eigenvalue weighted by Crippen LogP contribution is 2.37. The first-order chi connectivity index (χ1) is 15.6. The standard InChI is InChI=1S/C27H32N4O/c1-21(22-9-4-3-5-10-22)18-31-14-8-13-27(19-31,26(32)28-2)15-23-11-6-7-12-25(23)24-16-29-20-30-17-24/h3-7,9-12,16-17,20-21H,8,13-15,18-19H2,1-2H3,(H,28,32). The van der Waals surface area contributed by atoms with E-state index in [0.29, 0.717) is 12.3 Å². The summed E-state index contributed by atoms with van der Waals surface area (Å²) in [7, 11) is 1.76. The summed E-state index contributed by atoms with van der Waals surface area (Å²) in [6, 6.07) is 19.0. The largest absolute Gasteiger partial charge is 0.359 e. The normalized spacial score (nSPS) is 19.9. The second-order valence-corrected chi connectivity index (χ2v) is 8.97. The van der Waals surface area contributed by atoms with E-state index in [9.17, 15) is 4.79 Å². The zero-order valence-corrected chi connectivity index (χ0v) is 19.0. The molecule has 166 valence electrons. The van der Waals surface area contributed by atoms with Gasteiger partial charge >= 0.3 is 0 Å². The lowest BCUT2D eigenvalue weighted by atomic mass is 9.73. The first kappa shape index (κ1) is 22.2. The van der Waals surface area contributed by atoms with Crippen LogP contribution in [0.25, 0.3) is 11.1 Å². The molecule has 32 heavy (non-hydrogen) atoms. The van der Waals surface area contributed by atoms with Crippen LogP contribution in [0.5, 0.6) is 0 Å². The van der Waals surface area contributed by atoms with E-state index in [4.69, 9.17) is 0 Å². The molecule has 5 heteroatoms. The molecule has 0 spiro atoms. The molecule has 1 aromatic heterocycles. The number of nitrogens with zero attached hydrogens (tertiary/aromatic N) is 3. The van der Waals surface area contributed by atoms with E-state index in [1.54, 1.807) is 13.4 Å². The van der Waals surface area contributed by atoms with Crippen LogP contribution >= 0.6 is 0 Å². The van der Waals surface area contributed by atoms with Crippen LogP contribution in [0.2, 0.25) is 0 Å². The number of carbonyl (C=O) groups excluding carboxylic acids is 1. The lowest BCUT2D eigenvalue weighted by molar-refractivity contribution is -0.134. The Balaban J connectivity index is 1.59. The summed E-state index contributed by atoms with van der Waals surface area (Å²) in [4.78, 5) is 24.1. The third-order valence-electron chi connectivity index (χ3n) is 6.68. The van der Waals surface area contributed by atoms with Gasteiger partial charge in [0.05, 0.1) is 5.41 Å². The monoisotopic (exact) mass is 428 g/mol. The second-order valence-electron chi connectivity index (χ2n) is 8.97. The zero-order chi connectivity index (χ0) is 22.4. The highest BCUT2D eigenvalue weighted by atomic mass is 16.2. The van der Waals surface area contributed by atoms with E-state index in [-0.39, 0.29) is 5.91 Å². The molecule has 1 amide bonds. The first-order valence-electron chi connectivity index (χ1n) is 11.4. The molecule has 4 rings (SSSR count). The fraction of sp³-hybridized carbons (Fsp3) is 0.370. The zero-order valence-electron chi connectivity index (χ0n) is 19.0. The molecule has 1 fully saturated rings. The minimum Gasteiger partial charge on any atom is -0.359 e. The van der Waals surface area contributed by atoms with Crippen LogP contribution in [0.15, 0.2) is 73.3 Å². The molecule has 5 nitrogen and oxygen atoms in total. The Bertz CT molecular complexity index is 1020. The topological polar surface area (TPSA) is 58.1 Å². The fourth-order valence-electron chi connectivity index (χ4n) is 5.09. The Hall–Kier alpha value is -3.05. The predicted molar refractivity (Wildman–Crippen MR) is 128 cm³/mol. The number of amides is 1. The third kappa shape index (κ3) is 4.89. The summed E-state index contributed by atoms with van der Waals surface area (Å²) in [6.07, 6.45) is 7.84. The number of aromatic nitrogens is 2. The van der Waals surface area contributed by atoms with Crippen molar-refractivity contribution in [3.63, 3.8) is 0 Å². The number of hydrogen-bond acceptors (Lipinski definition) is 4. The van der Waals surface area contributed by atoms with E-state index in [1.807, 2.05) is 18.5 Å². The number of carbonyl (C=O) groups is 1. The fourth-order valence-corrected chi connectivity index (χ4v) is 5.09. The Morgan fingerprint density at radius 3 is 2.56 bits per heavy atom. The van der Waals surface area contributed by atoms with Crippen LogP contribution in [0.3, 0.4) is 0 Å². The van der Waals surface area contributed by atoms with Gasteiger partial charge in [-0.2, -0.15) is 0 Å². The van der Waals surface area contributed by atoms with Gasteiger partial charge in [-0.1, -0.05) is 61.5 Å². The van der Waals surface area contributed by atoms with Crippen molar-refractivity contribution < 1.29 is 4.79 Å². The van der Waals surface area contributed by atoms with Crippen molar-refractivity contribution in [1.29, 1.82) is 0 Å². The maximum absolute atomic E-state index is 13.3. The van der Waals surface area contributed by atoms with Crippen LogP contribution in [0.4, 0.5) is 0 Å². The lowest BCUT2D eigenvalue weighted by Crippen LogP contribution is -2.53. The van der Waals surface area contributed by atoms with Crippen molar-refractivity contribution in [2.45, 2.75) is 32.1 Å². The molecule has 1 N–H and O–H groups in total. The maximum Gasteiger partial charge on any atom is 0.227 e. The molecular formula is C27H32N4O. The van der Waals surface area contributed by atoms with Gasteiger partial charge in [-0.05, 0) is 48.4 Å². The van der Waals surface area contributed by atoms with Crippen LogP contribution in [0, 0.1) is 5.41 Å². The molecule has 1 aliphatic heterocycles. The number of benzene rings is 2. The van der Waals surface area contributed by atoms with Gasteiger partial charge in [0.15, 0.2) is 0 Å². The molecule has 0 aliphatic carbocycles. The Kier molecular flexibility index (Phi) is 6.96. The smallest absolute Gasteiger partial charge is 0.227 e. The van der Waals surface area contributed by atoms with Crippen molar-refractivity contribution in [3.05, 3.63) is 84.4 Å². The molecule has 3 aromatic rings. The molecular weight excluding hydrogens is 396 g/mol. The molecule has 0 bridgehead atoms. The molecule has 0 saturated carbocycles. The van der Waals surface area contributed by atoms with Crippen LogP contribution in [0.1, 0.15) is 36.8 Å². The molecule has 2 unspecified atom stereocenters. The van der Waals surface area contributed by atoms with Gasteiger partial charge in [0, 0.05) is 38.1 Å². The summed E-state index contributed by atoms with van der Waals surface area (Å²) >= 11 is 0. The van der Waals surface area contributed by atoms with Gasteiger partial charge in [-0.15, -0.1) is 0 Å². The summed E-state index contributed by atoms with van der Waals surface area (Å²) in [5.41, 5.74) is 4.16. The molecule has 2 aromatic carbocycles. The first-order valence-corrected chi connectivity index (χ1v) is 11.4. The van der Waals surface area contributed by atoms with E-state index >= 15 is 0 Å². The lowest BCUT2D eigenvalue weighted by Gasteiger charge is -2.42. The molecule has 2 heterocycles. The minimum atomic E-state index is -0.449. The van der Waals surface area contributed by atoms with Crippen molar-refractivity contribution in [2.24, 2.45) is 5.41 Å². The predicted octanol–water partition coefficient (Wildman–Crippen LogP) is 4.32. The molecule has 2 atom stereocenters. The molecule has 0 radical (unpaired) electrons. The van der Waals surface area contributed by atoms with E-state index in [1.165, 1.54) is 11.1 Å². The van der Waals surface area contributed by atoms with Gasteiger partial charge in [0.2, 0.25) is 5.91 Å². The van der Waals surface area contributed by atoms with Crippen molar-refractivity contribution in [3.8, 4) is 11.1 Å². The second kappa shape index (κ2) is 10.0. The van der Waals surface area contributed by atoms with Crippen molar-refractivity contribution >= 4 is 5.91 Å². The third-order valence-corrected chi connectivity index (χ3v) is 6.68. The van der Waals surface area contributed by atoms with E-state index in [0.717, 1.165) is 43.6 Å². The average Bonchev–Trinajstić information content (AvgIpc) is 2.85. The van der Waals surface area contributed by atoms with E-state index < -0.39 is 5.41 Å². The summed E-state index contributed by atoms with van der Waals surface area (Å²) in [6.45, 7) is 5.03. The maximum atomic E-state index is 13.3. The summed E-state index contributed by atoms with van der Waals surface area (Å²) in [5.74, 6) is 0.555. The summed E-state index contributed by atoms with van der Waals surface area (Å²) in [5, 5.41) is 2.97. The highest BCUT2D eigenvalue weighted by Gasteiger charge is 2.42. The molecule has 1 saturated heterocycles. The van der Waals surface area contributed by atoms with Gasteiger partial charge in [-0.3, -0.25) is 4.79 Å². The van der Waals surface area contributed by atoms with Gasteiger partial charge < -0.3 is 10.2 Å². The Labute approximate surface area is 190 Å². The number of nitrogens with one attached hydrogen (secondary N) is 1. The number of hydrogen-bond donors (Lipinski definition) is 1. The Morgan fingerprint density at radius 1 is 1.09 bits per heavy atom. The van der Waals surface area contributed by atoms with Gasteiger partial charge in [-0.25, -0.2) is 9.97 Å². The number of likely N-dealkylation sites (tertiary alicyclic amines) is 1. The Morgan fingerprint density at radius 2 is 1.81 bits per heavy atom. The summed E-state index contributed by atoms with van der Waals surface area (Å²) < 4.78 is 0. The van der Waals surface area contributed by atoms with Crippen LogP contribution in [-0.2, 0) is 11.2 Å². The SMILES string of the molecule is CNC(=O)C1(Cc2ccccc2-c2cncnc2)CCCN(CC(C)c2ccccc2)C1.